The van der Waals surface area contributed by atoms with Crippen LogP contribution in [-0.2, 0) is 0 Å². The second-order valence-corrected chi connectivity index (χ2v) is 5.37. The van der Waals surface area contributed by atoms with Crippen LogP contribution in [0.2, 0.25) is 0 Å². The van der Waals surface area contributed by atoms with Crippen LogP contribution in [0.25, 0.3) is 11.0 Å². The number of hydrogen-bond acceptors (Lipinski definition) is 5. The van der Waals surface area contributed by atoms with Crippen molar-refractivity contribution in [3.8, 4) is 5.75 Å². The minimum atomic E-state index is -0.335. The fraction of sp³-hybridized carbons (Fsp3) is 0.0625. The molecule has 0 aliphatic heterocycles. The van der Waals surface area contributed by atoms with E-state index in [2.05, 4.69) is 10.3 Å². The molecule has 22 heavy (non-hydrogen) atoms. The minimum absolute atomic E-state index is 0.240. The van der Waals surface area contributed by atoms with Crippen LogP contribution < -0.4 is 15.0 Å². The number of hydrogen-bond donors (Lipinski definition) is 2. The van der Waals surface area contributed by atoms with Gasteiger partial charge in [-0.25, -0.2) is 0 Å². The van der Waals surface area contributed by atoms with E-state index in [9.17, 15) is 4.79 Å². The summed E-state index contributed by atoms with van der Waals surface area (Å²) in [5, 5.41) is 0.849. The molecule has 0 radical (unpaired) electrons. The van der Waals surface area contributed by atoms with Gasteiger partial charge in [0.15, 0.2) is 5.76 Å². The van der Waals surface area contributed by atoms with Crippen molar-refractivity contribution >= 4 is 28.8 Å². The molecular weight excluding hydrogens is 300 g/mol. The number of furan rings is 1. The molecule has 0 spiro atoms. The van der Waals surface area contributed by atoms with Gasteiger partial charge in [0, 0.05) is 16.3 Å². The lowest BCUT2D eigenvalue weighted by molar-refractivity contribution is 0.0921. The van der Waals surface area contributed by atoms with Gasteiger partial charge in [-0.1, -0.05) is 18.2 Å². The Labute approximate surface area is 131 Å². The van der Waals surface area contributed by atoms with E-state index in [-0.39, 0.29) is 11.7 Å². The van der Waals surface area contributed by atoms with Crippen LogP contribution in [-0.4, -0.2) is 13.0 Å². The molecule has 112 valence electrons. The first kappa shape index (κ1) is 14.5. The van der Waals surface area contributed by atoms with E-state index in [1.165, 1.54) is 11.9 Å². The van der Waals surface area contributed by atoms with Crippen LogP contribution in [0.1, 0.15) is 10.6 Å². The van der Waals surface area contributed by atoms with Crippen LogP contribution in [0.4, 0.5) is 0 Å². The fourth-order valence-corrected chi connectivity index (χ4v) is 2.49. The van der Waals surface area contributed by atoms with E-state index in [1.54, 1.807) is 19.2 Å². The van der Waals surface area contributed by atoms with Gasteiger partial charge in [-0.2, -0.15) is 4.83 Å². The van der Waals surface area contributed by atoms with E-state index in [4.69, 9.17) is 9.15 Å². The molecule has 0 saturated carbocycles. The molecule has 1 heterocycles. The summed E-state index contributed by atoms with van der Waals surface area (Å²) in [4.78, 5) is 15.8. The normalized spacial score (nSPS) is 10.6. The summed E-state index contributed by atoms with van der Waals surface area (Å²) in [6.07, 6.45) is 0. The summed E-state index contributed by atoms with van der Waals surface area (Å²) < 4.78 is 10.7. The number of fused-ring (bicyclic) bond motifs is 1. The Bertz CT molecular complexity index is 786. The molecule has 0 saturated heterocycles. The van der Waals surface area contributed by atoms with Crippen molar-refractivity contribution in [1.29, 1.82) is 0 Å². The summed E-state index contributed by atoms with van der Waals surface area (Å²) in [6, 6.07) is 16.8. The van der Waals surface area contributed by atoms with E-state index in [0.717, 1.165) is 10.3 Å². The molecular formula is C16H14N2O3S. The molecule has 0 atom stereocenters. The summed E-state index contributed by atoms with van der Waals surface area (Å²) in [5.74, 6) is 0.592. The first-order chi connectivity index (χ1) is 10.8. The Morgan fingerprint density at radius 3 is 2.73 bits per heavy atom. The van der Waals surface area contributed by atoms with Gasteiger partial charge >= 0.3 is 5.91 Å². The van der Waals surface area contributed by atoms with Crippen LogP contribution in [0, 0.1) is 0 Å². The summed E-state index contributed by atoms with van der Waals surface area (Å²) in [6.45, 7) is 0. The molecule has 1 amide bonds. The van der Waals surface area contributed by atoms with Gasteiger partial charge in [0.05, 0.1) is 7.11 Å². The quantitative estimate of drug-likeness (QED) is 0.558. The SMILES string of the molecule is COc1ccc2cc(C(=O)NNSc3ccccc3)oc2c1. The lowest BCUT2D eigenvalue weighted by atomic mass is 10.2. The lowest BCUT2D eigenvalue weighted by Gasteiger charge is -2.04. The van der Waals surface area contributed by atoms with Gasteiger partial charge in [0.1, 0.15) is 11.3 Å². The Balaban J connectivity index is 1.64. The number of benzene rings is 2. The number of amides is 1. The topological polar surface area (TPSA) is 63.5 Å². The fourth-order valence-electron chi connectivity index (χ4n) is 1.93. The molecule has 2 N–H and O–H groups in total. The second kappa shape index (κ2) is 6.55. The van der Waals surface area contributed by atoms with Crippen molar-refractivity contribution in [2.45, 2.75) is 4.90 Å². The van der Waals surface area contributed by atoms with E-state index in [0.29, 0.717) is 11.3 Å². The number of nitrogens with one attached hydrogen (secondary N) is 2. The summed E-state index contributed by atoms with van der Waals surface area (Å²) in [7, 11) is 1.59. The first-order valence-corrected chi connectivity index (χ1v) is 7.43. The number of methoxy groups -OCH3 is 1. The molecule has 2 aromatic carbocycles. The van der Waals surface area contributed by atoms with E-state index < -0.39 is 0 Å². The lowest BCUT2D eigenvalue weighted by Crippen LogP contribution is -2.32. The van der Waals surface area contributed by atoms with Gasteiger partial charge < -0.3 is 9.15 Å². The highest BCUT2D eigenvalue weighted by atomic mass is 32.2. The van der Waals surface area contributed by atoms with Crippen molar-refractivity contribution in [3.63, 3.8) is 0 Å². The summed E-state index contributed by atoms with van der Waals surface area (Å²) >= 11 is 1.31. The van der Waals surface area contributed by atoms with Gasteiger partial charge in [0.25, 0.3) is 0 Å². The average molecular weight is 314 g/mol. The Hall–Kier alpha value is -2.44. The maximum Gasteiger partial charge on any atom is 0.301 e. The largest absolute Gasteiger partial charge is 0.497 e. The van der Waals surface area contributed by atoms with E-state index >= 15 is 0 Å². The highest BCUT2D eigenvalue weighted by Gasteiger charge is 2.12. The Morgan fingerprint density at radius 2 is 1.95 bits per heavy atom. The van der Waals surface area contributed by atoms with Gasteiger partial charge in [-0.05, 0) is 42.3 Å². The van der Waals surface area contributed by atoms with Crippen LogP contribution in [0.5, 0.6) is 5.75 Å². The molecule has 0 aliphatic rings. The van der Waals surface area contributed by atoms with Crippen molar-refractivity contribution < 1.29 is 13.9 Å². The smallest absolute Gasteiger partial charge is 0.301 e. The highest BCUT2D eigenvalue weighted by molar-refractivity contribution is 7.97. The second-order valence-electron chi connectivity index (χ2n) is 4.49. The van der Waals surface area contributed by atoms with Crippen LogP contribution in [0.15, 0.2) is 63.9 Å². The molecule has 3 aromatic rings. The number of carbonyl (C=O) groups is 1. The predicted octanol–water partition coefficient (Wildman–Crippen LogP) is 3.38. The zero-order valence-electron chi connectivity index (χ0n) is 11.8. The molecule has 3 rings (SSSR count). The first-order valence-electron chi connectivity index (χ1n) is 6.61. The highest BCUT2D eigenvalue weighted by Crippen LogP contribution is 2.24. The number of ether oxygens (including phenoxy) is 1. The maximum absolute atomic E-state index is 12.0. The van der Waals surface area contributed by atoms with E-state index in [1.807, 2.05) is 42.5 Å². The Morgan fingerprint density at radius 1 is 1.14 bits per heavy atom. The molecule has 5 nitrogen and oxygen atoms in total. The third-order valence-corrected chi connectivity index (χ3v) is 3.74. The maximum atomic E-state index is 12.0. The van der Waals surface area contributed by atoms with Crippen LogP contribution in [0.3, 0.4) is 0 Å². The molecule has 0 aliphatic carbocycles. The molecule has 1 aromatic heterocycles. The minimum Gasteiger partial charge on any atom is -0.497 e. The zero-order chi connectivity index (χ0) is 15.4. The predicted molar refractivity (Wildman–Crippen MR) is 85.7 cm³/mol. The molecule has 0 fully saturated rings. The third kappa shape index (κ3) is 3.24. The molecule has 6 heteroatoms. The van der Waals surface area contributed by atoms with Crippen molar-refractivity contribution in [2.75, 3.05) is 7.11 Å². The standard InChI is InChI=1S/C16H14N2O3S/c1-20-12-8-7-11-9-15(21-14(11)10-12)16(19)17-18-22-13-5-3-2-4-6-13/h2-10,18H,1H3,(H,17,19). The van der Waals surface area contributed by atoms with Crippen molar-refractivity contribution in [2.24, 2.45) is 0 Å². The average Bonchev–Trinajstić information content (AvgIpc) is 2.99. The monoisotopic (exact) mass is 314 g/mol. The van der Waals surface area contributed by atoms with Crippen molar-refractivity contribution in [3.05, 3.63) is 60.4 Å². The zero-order valence-corrected chi connectivity index (χ0v) is 12.6. The number of rotatable bonds is 5. The number of hydrazine groups is 1. The Kier molecular flexibility index (Phi) is 4.32. The van der Waals surface area contributed by atoms with Gasteiger partial charge in [0.2, 0.25) is 0 Å². The third-order valence-electron chi connectivity index (χ3n) is 3.03. The number of carbonyl (C=O) groups excluding carboxylic acids is 1. The van der Waals surface area contributed by atoms with Crippen molar-refractivity contribution in [1.82, 2.24) is 10.3 Å². The van der Waals surface area contributed by atoms with Gasteiger partial charge in [-0.15, -0.1) is 0 Å². The molecule has 0 bridgehead atoms. The summed E-state index contributed by atoms with van der Waals surface area (Å²) in [5.41, 5.74) is 3.20. The van der Waals surface area contributed by atoms with Crippen LogP contribution >= 0.6 is 11.9 Å². The van der Waals surface area contributed by atoms with Gasteiger partial charge in [-0.3, -0.25) is 10.2 Å². The molecule has 0 unspecified atom stereocenters.